The fourth-order valence-corrected chi connectivity index (χ4v) is 5.32. The average Bonchev–Trinajstić information content (AvgIpc) is 3.38. The molecule has 0 aliphatic heterocycles. The number of hydrogen-bond donors (Lipinski definition) is 2. The van der Waals surface area contributed by atoms with Crippen LogP contribution in [0.2, 0.25) is 10.0 Å². The van der Waals surface area contributed by atoms with Crippen molar-refractivity contribution in [3.05, 3.63) is 106 Å². The van der Waals surface area contributed by atoms with Gasteiger partial charge in [-0.2, -0.15) is 0 Å². The quantitative estimate of drug-likeness (QED) is 0.195. The number of anilines is 2. The van der Waals surface area contributed by atoms with Crippen LogP contribution in [0.15, 0.2) is 95.2 Å². The molecule has 0 bridgehead atoms. The zero-order chi connectivity index (χ0) is 25.8. The summed E-state index contributed by atoms with van der Waals surface area (Å²) < 4.78 is 0. The maximum Gasteiger partial charge on any atom is 0.255 e. The van der Waals surface area contributed by atoms with E-state index in [4.69, 9.17) is 23.2 Å². The molecule has 5 rings (SSSR count). The summed E-state index contributed by atoms with van der Waals surface area (Å²) in [7, 11) is 0. The number of amides is 2. The van der Waals surface area contributed by atoms with Gasteiger partial charge in [0.15, 0.2) is 5.13 Å². The smallest absolute Gasteiger partial charge is 0.255 e. The number of aromatic nitrogens is 1. The lowest BCUT2D eigenvalue weighted by Crippen LogP contribution is -2.13. The highest BCUT2D eigenvalue weighted by Gasteiger charge is 2.11. The van der Waals surface area contributed by atoms with Crippen molar-refractivity contribution in [2.45, 2.75) is 4.90 Å². The van der Waals surface area contributed by atoms with Gasteiger partial charge in [0.1, 0.15) is 0 Å². The van der Waals surface area contributed by atoms with Gasteiger partial charge in [-0.15, -0.1) is 23.1 Å². The molecule has 0 aliphatic carbocycles. The van der Waals surface area contributed by atoms with Crippen molar-refractivity contribution < 1.29 is 9.59 Å². The zero-order valence-electron chi connectivity index (χ0n) is 19.2. The Bertz CT molecular complexity index is 1600. The molecule has 37 heavy (non-hydrogen) atoms. The Morgan fingerprint density at radius 3 is 2.41 bits per heavy atom. The first-order valence-electron chi connectivity index (χ1n) is 11.2. The fraction of sp³-hybridized carbons (Fsp3) is 0.0357. The Kier molecular flexibility index (Phi) is 7.76. The SMILES string of the molecule is O=C(CSc1ccc(NC(=O)c2ccc3ccccc3c2)cc1)Nc1nc(-c2ccc(Cl)c(Cl)c2)cs1. The second kappa shape index (κ2) is 11.4. The van der Waals surface area contributed by atoms with E-state index in [9.17, 15) is 9.59 Å². The van der Waals surface area contributed by atoms with Gasteiger partial charge in [0.25, 0.3) is 5.91 Å². The largest absolute Gasteiger partial charge is 0.322 e. The van der Waals surface area contributed by atoms with Gasteiger partial charge in [0.2, 0.25) is 5.91 Å². The minimum atomic E-state index is -0.172. The number of hydrogen-bond acceptors (Lipinski definition) is 5. The zero-order valence-corrected chi connectivity index (χ0v) is 22.3. The highest BCUT2D eigenvalue weighted by Crippen LogP contribution is 2.30. The molecule has 0 radical (unpaired) electrons. The van der Waals surface area contributed by atoms with Crippen LogP contribution >= 0.6 is 46.3 Å². The van der Waals surface area contributed by atoms with Gasteiger partial charge in [-0.25, -0.2) is 4.98 Å². The lowest BCUT2D eigenvalue weighted by atomic mass is 10.1. The summed E-state index contributed by atoms with van der Waals surface area (Å²) in [6.07, 6.45) is 0. The predicted octanol–water partition coefficient (Wildman–Crippen LogP) is 8.25. The van der Waals surface area contributed by atoms with E-state index < -0.39 is 0 Å². The summed E-state index contributed by atoms with van der Waals surface area (Å²) in [5.74, 6) is -0.104. The molecule has 2 amide bonds. The van der Waals surface area contributed by atoms with E-state index in [1.807, 2.05) is 78.2 Å². The molecular formula is C28H19Cl2N3O2S2. The minimum absolute atomic E-state index is 0.159. The molecule has 0 fully saturated rings. The summed E-state index contributed by atoms with van der Waals surface area (Å²) in [5, 5.41) is 11.2. The number of fused-ring (bicyclic) bond motifs is 1. The van der Waals surface area contributed by atoms with E-state index in [2.05, 4.69) is 15.6 Å². The van der Waals surface area contributed by atoms with Gasteiger partial charge in [0.05, 0.1) is 21.5 Å². The van der Waals surface area contributed by atoms with Crippen molar-refractivity contribution in [2.75, 3.05) is 16.4 Å². The first kappa shape index (κ1) is 25.3. The Hall–Kier alpha value is -3.36. The van der Waals surface area contributed by atoms with Crippen LogP contribution < -0.4 is 10.6 Å². The topological polar surface area (TPSA) is 71.1 Å². The molecule has 0 saturated heterocycles. The molecule has 0 aliphatic rings. The van der Waals surface area contributed by atoms with Crippen molar-refractivity contribution in [2.24, 2.45) is 0 Å². The molecule has 0 saturated carbocycles. The van der Waals surface area contributed by atoms with E-state index >= 15 is 0 Å². The van der Waals surface area contributed by atoms with Gasteiger partial charge >= 0.3 is 0 Å². The standard InChI is InChI=1S/C28H19Cl2N3O2S2/c29-23-12-7-19(14-24(23)30)25-15-37-28(32-25)33-26(34)16-36-22-10-8-21(9-11-22)31-27(35)20-6-5-17-3-1-2-4-18(17)13-20/h1-15H,16H2,(H,31,35)(H,32,33,34). The van der Waals surface area contributed by atoms with Crippen LogP contribution in [0.25, 0.3) is 22.0 Å². The van der Waals surface area contributed by atoms with E-state index in [0.717, 1.165) is 21.2 Å². The number of nitrogens with zero attached hydrogens (tertiary/aromatic N) is 1. The molecule has 1 heterocycles. The number of carbonyl (C=O) groups is 2. The van der Waals surface area contributed by atoms with Gasteiger partial charge in [-0.1, -0.05) is 59.6 Å². The Morgan fingerprint density at radius 1 is 0.838 bits per heavy atom. The van der Waals surface area contributed by atoms with Crippen LogP contribution in [-0.4, -0.2) is 22.6 Å². The van der Waals surface area contributed by atoms with Crippen molar-refractivity contribution in [3.8, 4) is 11.3 Å². The number of thiazole rings is 1. The van der Waals surface area contributed by atoms with Crippen molar-refractivity contribution in [1.82, 2.24) is 4.98 Å². The maximum absolute atomic E-state index is 12.7. The first-order chi connectivity index (χ1) is 17.9. The molecule has 1 aromatic heterocycles. The highest BCUT2D eigenvalue weighted by molar-refractivity contribution is 8.00. The number of thioether (sulfide) groups is 1. The molecular weight excluding hydrogens is 545 g/mol. The fourth-order valence-electron chi connectivity index (χ4n) is 3.59. The molecule has 0 unspecified atom stereocenters. The predicted molar refractivity (Wildman–Crippen MR) is 155 cm³/mol. The van der Waals surface area contributed by atoms with E-state index in [-0.39, 0.29) is 17.6 Å². The molecule has 5 aromatic rings. The molecule has 184 valence electrons. The number of rotatable bonds is 7. The molecule has 5 nitrogen and oxygen atoms in total. The third kappa shape index (κ3) is 6.32. The summed E-state index contributed by atoms with van der Waals surface area (Å²) in [6.45, 7) is 0. The second-order valence-corrected chi connectivity index (χ2v) is 10.8. The summed E-state index contributed by atoms with van der Waals surface area (Å²) in [4.78, 5) is 30.5. The van der Waals surface area contributed by atoms with Gasteiger partial charge in [-0.05, 0) is 59.3 Å². The lowest BCUT2D eigenvalue weighted by Gasteiger charge is -2.08. The second-order valence-electron chi connectivity index (χ2n) is 8.04. The van der Waals surface area contributed by atoms with Crippen LogP contribution in [0.3, 0.4) is 0 Å². The van der Waals surface area contributed by atoms with Crippen molar-refractivity contribution in [3.63, 3.8) is 0 Å². The van der Waals surface area contributed by atoms with Gasteiger partial charge < -0.3 is 10.6 Å². The molecule has 4 aromatic carbocycles. The van der Waals surface area contributed by atoms with Crippen LogP contribution in [0, 0.1) is 0 Å². The molecule has 9 heteroatoms. The number of carbonyl (C=O) groups excluding carboxylic acids is 2. The van der Waals surface area contributed by atoms with Crippen molar-refractivity contribution >= 4 is 79.7 Å². The molecule has 2 N–H and O–H groups in total. The summed E-state index contributed by atoms with van der Waals surface area (Å²) in [5.41, 5.74) is 2.82. The normalized spacial score (nSPS) is 10.9. The Labute approximate surface area is 231 Å². The Morgan fingerprint density at radius 2 is 1.62 bits per heavy atom. The van der Waals surface area contributed by atoms with E-state index in [1.165, 1.54) is 23.1 Å². The number of benzene rings is 4. The highest BCUT2D eigenvalue weighted by atomic mass is 35.5. The maximum atomic E-state index is 12.7. The van der Waals surface area contributed by atoms with Crippen LogP contribution in [-0.2, 0) is 4.79 Å². The minimum Gasteiger partial charge on any atom is -0.322 e. The van der Waals surface area contributed by atoms with Crippen LogP contribution in [0.5, 0.6) is 0 Å². The van der Waals surface area contributed by atoms with E-state index in [0.29, 0.717) is 32.1 Å². The average molecular weight is 565 g/mol. The number of nitrogens with one attached hydrogen (secondary N) is 2. The van der Waals surface area contributed by atoms with E-state index in [1.54, 1.807) is 12.1 Å². The van der Waals surface area contributed by atoms with Gasteiger partial charge in [-0.3, -0.25) is 9.59 Å². The third-order valence-corrected chi connectivity index (χ3v) is 7.97. The van der Waals surface area contributed by atoms with Gasteiger partial charge in [0, 0.05) is 27.1 Å². The van der Waals surface area contributed by atoms with Crippen LogP contribution in [0.4, 0.5) is 10.8 Å². The lowest BCUT2D eigenvalue weighted by molar-refractivity contribution is -0.113. The monoisotopic (exact) mass is 563 g/mol. The molecule has 0 atom stereocenters. The van der Waals surface area contributed by atoms with Crippen molar-refractivity contribution in [1.29, 1.82) is 0 Å². The summed E-state index contributed by atoms with van der Waals surface area (Å²) in [6, 6.07) is 26.2. The Balaban J connectivity index is 1.13. The molecule has 0 spiro atoms. The summed E-state index contributed by atoms with van der Waals surface area (Å²) >= 11 is 14.8. The third-order valence-electron chi connectivity index (χ3n) is 5.46. The number of halogens is 2. The first-order valence-corrected chi connectivity index (χ1v) is 13.8. The van der Waals surface area contributed by atoms with Crippen LogP contribution in [0.1, 0.15) is 10.4 Å².